The zero-order chi connectivity index (χ0) is 15.0. The number of benzene rings is 1. The third-order valence-electron chi connectivity index (χ3n) is 3.22. The first-order valence-corrected chi connectivity index (χ1v) is 9.41. The highest BCUT2D eigenvalue weighted by atomic mass is 32.2. The summed E-state index contributed by atoms with van der Waals surface area (Å²) < 4.78 is 49.5. The SMILES string of the molecule is CS(=O)(=O)c1ccc(NN)c(S(=O)(=O)N2CCCC2)c1. The molecule has 0 amide bonds. The molecule has 0 saturated carbocycles. The topological polar surface area (TPSA) is 110 Å². The molecule has 1 heterocycles. The van der Waals surface area contributed by atoms with Crippen molar-refractivity contribution in [3.05, 3.63) is 18.2 Å². The molecule has 7 nitrogen and oxygen atoms in total. The number of hydrogen-bond donors (Lipinski definition) is 2. The van der Waals surface area contributed by atoms with E-state index in [-0.39, 0.29) is 15.5 Å². The maximum absolute atomic E-state index is 12.5. The Balaban J connectivity index is 2.59. The maximum atomic E-state index is 12.5. The minimum absolute atomic E-state index is 0.0470. The Morgan fingerprint density at radius 1 is 1.15 bits per heavy atom. The average molecular weight is 319 g/mol. The fraction of sp³-hybridized carbons (Fsp3) is 0.455. The van der Waals surface area contributed by atoms with Crippen LogP contribution in [-0.4, -0.2) is 40.5 Å². The van der Waals surface area contributed by atoms with E-state index >= 15 is 0 Å². The molecule has 1 aliphatic rings. The number of anilines is 1. The number of hydrogen-bond acceptors (Lipinski definition) is 6. The minimum Gasteiger partial charge on any atom is -0.323 e. The predicted octanol–water partition coefficient (Wildman–Crippen LogP) is 0.160. The molecule has 1 saturated heterocycles. The van der Waals surface area contributed by atoms with Crippen molar-refractivity contribution in [3.8, 4) is 0 Å². The lowest BCUT2D eigenvalue weighted by Gasteiger charge is -2.18. The second-order valence-corrected chi connectivity index (χ2v) is 8.61. The molecule has 1 fully saturated rings. The first-order chi connectivity index (χ1) is 9.26. The summed E-state index contributed by atoms with van der Waals surface area (Å²) in [6, 6.07) is 3.84. The number of nitrogens with two attached hydrogens (primary N) is 1. The first-order valence-electron chi connectivity index (χ1n) is 6.07. The van der Waals surface area contributed by atoms with Gasteiger partial charge in [-0.25, -0.2) is 16.8 Å². The highest BCUT2D eigenvalue weighted by Gasteiger charge is 2.30. The molecule has 20 heavy (non-hydrogen) atoms. The third kappa shape index (κ3) is 2.80. The van der Waals surface area contributed by atoms with Crippen LogP contribution in [0.2, 0.25) is 0 Å². The number of rotatable bonds is 4. The molecule has 0 aromatic heterocycles. The summed E-state index contributed by atoms with van der Waals surface area (Å²) in [6.07, 6.45) is 2.64. The second-order valence-electron chi connectivity index (χ2n) is 4.69. The number of nitrogens with one attached hydrogen (secondary N) is 1. The van der Waals surface area contributed by atoms with Gasteiger partial charge in [0.15, 0.2) is 9.84 Å². The number of nitrogen functional groups attached to an aromatic ring is 1. The van der Waals surface area contributed by atoms with E-state index < -0.39 is 19.9 Å². The molecule has 9 heteroatoms. The highest BCUT2D eigenvalue weighted by Crippen LogP contribution is 2.29. The van der Waals surface area contributed by atoms with Gasteiger partial charge in [0.1, 0.15) is 4.90 Å². The lowest BCUT2D eigenvalue weighted by molar-refractivity contribution is 0.477. The van der Waals surface area contributed by atoms with Gasteiger partial charge in [-0.3, -0.25) is 5.84 Å². The van der Waals surface area contributed by atoms with Crippen molar-refractivity contribution in [2.45, 2.75) is 22.6 Å². The Kier molecular flexibility index (Phi) is 4.05. The molecule has 2 rings (SSSR count). The summed E-state index contributed by atoms with van der Waals surface area (Å²) in [5, 5.41) is 0. The third-order valence-corrected chi connectivity index (χ3v) is 6.27. The van der Waals surface area contributed by atoms with Crippen molar-refractivity contribution in [3.63, 3.8) is 0 Å². The van der Waals surface area contributed by atoms with Crippen LogP contribution in [-0.2, 0) is 19.9 Å². The van der Waals surface area contributed by atoms with Crippen LogP contribution in [0.25, 0.3) is 0 Å². The molecule has 0 spiro atoms. The largest absolute Gasteiger partial charge is 0.323 e. The Morgan fingerprint density at radius 2 is 1.75 bits per heavy atom. The van der Waals surface area contributed by atoms with Crippen LogP contribution in [0.15, 0.2) is 28.0 Å². The van der Waals surface area contributed by atoms with Gasteiger partial charge in [-0.1, -0.05) is 0 Å². The van der Waals surface area contributed by atoms with Gasteiger partial charge >= 0.3 is 0 Å². The molecule has 0 atom stereocenters. The Labute approximate surface area is 118 Å². The van der Waals surface area contributed by atoms with Gasteiger partial charge < -0.3 is 5.43 Å². The number of sulfonamides is 1. The van der Waals surface area contributed by atoms with E-state index in [1.165, 1.54) is 16.4 Å². The lowest BCUT2D eigenvalue weighted by atomic mass is 10.3. The molecule has 1 aliphatic heterocycles. The van der Waals surface area contributed by atoms with Crippen LogP contribution in [0.4, 0.5) is 5.69 Å². The molecule has 0 bridgehead atoms. The van der Waals surface area contributed by atoms with E-state index in [0.717, 1.165) is 25.2 Å². The normalized spacial score (nSPS) is 17.3. The van der Waals surface area contributed by atoms with Crippen LogP contribution in [0.1, 0.15) is 12.8 Å². The van der Waals surface area contributed by atoms with Gasteiger partial charge in [0, 0.05) is 19.3 Å². The van der Waals surface area contributed by atoms with Gasteiger partial charge in [-0.05, 0) is 31.0 Å². The molecule has 0 aliphatic carbocycles. The van der Waals surface area contributed by atoms with Crippen LogP contribution in [0, 0.1) is 0 Å². The number of hydrazine groups is 1. The standard InChI is InChI=1S/C11H17N3O4S2/c1-19(15,16)9-4-5-10(13-12)11(8-9)20(17,18)14-6-2-3-7-14/h4-5,8,13H,2-3,6-7,12H2,1H3. The van der Waals surface area contributed by atoms with E-state index in [0.29, 0.717) is 13.1 Å². The number of sulfone groups is 1. The summed E-state index contributed by atoms with van der Waals surface area (Å²) in [5.74, 6) is 5.32. The van der Waals surface area contributed by atoms with Gasteiger partial charge in [0.05, 0.1) is 10.6 Å². The summed E-state index contributed by atoms with van der Waals surface area (Å²) in [6.45, 7) is 0.880. The van der Waals surface area contributed by atoms with Crippen LogP contribution < -0.4 is 11.3 Å². The predicted molar refractivity (Wildman–Crippen MR) is 75.4 cm³/mol. The lowest BCUT2D eigenvalue weighted by Crippen LogP contribution is -2.29. The van der Waals surface area contributed by atoms with E-state index in [1.54, 1.807) is 0 Å². The molecule has 1 aromatic rings. The van der Waals surface area contributed by atoms with Gasteiger partial charge in [0.2, 0.25) is 10.0 Å². The molecule has 112 valence electrons. The maximum Gasteiger partial charge on any atom is 0.245 e. The first kappa shape index (κ1) is 15.2. The fourth-order valence-corrected chi connectivity index (χ4v) is 4.55. The van der Waals surface area contributed by atoms with E-state index in [4.69, 9.17) is 5.84 Å². The smallest absolute Gasteiger partial charge is 0.245 e. The molecular weight excluding hydrogens is 302 g/mol. The molecule has 1 aromatic carbocycles. The summed E-state index contributed by atoms with van der Waals surface area (Å²) >= 11 is 0. The zero-order valence-electron chi connectivity index (χ0n) is 11.0. The number of nitrogens with zero attached hydrogens (tertiary/aromatic N) is 1. The quantitative estimate of drug-likeness (QED) is 0.604. The molecular formula is C11H17N3O4S2. The van der Waals surface area contributed by atoms with Crippen molar-refractivity contribution in [1.82, 2.24) is 4.31 Å². The summed E-state index contributed by atoms with van der Waals surface area (Å²) in [4.78, 5) is -0.154. The van der Waals surface area contributed by atoms with Gasteiger partial charge in [0.25, 0.3) is 0 Å². The molecule has 0 radical (unpaired) electrons. The monoisotopic (exact) mass is 319 g/mol. The van der Waals surface area contributed by atoms with Crippen molar-refractivity contribution < 1.29 is 16.8 Å². The van der Waals surface area contributed by atoms with Crippen LogP contribution in [0.3, 0.4) is 0 Å². The highest BCUT2D eigenvalue weighted by molar-refractivity contribution is 7.91. The van der Waals surface area contributed by atoms with Crippen LogP contribution >= 0.6 is 0 Å². The van der Waals surface area contributed by atoms with E-state index in [2.05, 4.69) is 5.43 Å². The Hall–Kier alpha value is -1.16. The van der Waals surface area contributed by atoms with E-state index in [9.17, 15) is 16.8 Å². The zero-order valence-corrected chi connectivity index (χ0v) is 12.7. The van der Waals surface area contributed by atoms with Crippen molar-refractivity contribution >= 4 is 25.5 Å². The van der Waals surface area contributed by atoms with Gasteiger partial charge in [-0.2, -0.15) is 4.31 Å². The molecule has 3 N–H and O–H groups in total. The van der Waals surface area contributed by atoms with Crippen molar-refractivity contribution in [1.29, 1.82) is 0 Å². The van der Waals surface area contributed by atoms with E-state index in [1.807, 2.05) is 0 Å². The second kappa shape index (κ2) is 5.32. The fourth-order valence-electron chi connectivity index (χ4n) is 2.13. The average Bonchev–Trinajstić information content (AvgIpc) is 2.91. The summed E-state index contributed by atoms with van der Waals surface area (Å²) in [5.41, 5.74) is 2.49. The summed E-state index contributed by atoms with van der Waals surface area (Å²) in [7, 11) is -7.22. The van der Waals surface area contributed by atoms with Crippen molar-refractivity contribution in [2.75, 3.05) is 24.8 Å². The Morgan fingerprint density at radius 3 is 2.25 bits per heavy atom. The minimum atomic E-state index is -3.74. The van der Waals surface area contributed by atoms with Crippen LogP contribution in [0.5, 0.6) is 0 Å². The van der Waals surface area contributed by atoms with Crippen molar-refractivity contribution in [2.24, 2.45) is 5.84 Å². The molecule has 0 unspecified atom stereocenters. The Bertz CT molecular complexity index is 707. The van der Waals surface area contributed by atoms with Gasteiger partial charge in [-0.15, -0.1) is 0 Å².